The minimum Gasteiger partial charge on any atom is -0.480 e. The molecule has 2 heterocycles. The van der Waals surface area contributed by atoms with Gasteiger partial charge < -0.3 is 35.6 Å². The lowest BCUT2D eigenvalue weighted by atomic mass is 9.94. The quantitative estimate of drug-likeness (QED) is 0.573. The first-order valence-corrected chi connectivity index (χ1v) is 9.98. The summed E-state index contributed by atoms with van der Waals surface area (Å²) >= 11 is 0. The van der Waals surface area contributed by atoms with Crippen LogP contribution in [0.3, 0.4) is 0 Å². The van der Waals surface area contributed by atoms with Crippen molar-refractivity contribution in [3.8, 4) is 0 Å². The fraction of sp³-hybridized carbons (Fsp3) is 0.833. The second-order valence-electron chi connectivity index (χ2n) is 7.61. The van der Waals surface area contributed by atoms with E-state index in [1.165, 1.54) is 0 Å². The van der Waals surface area contributed by atoms with Gasteiger partial charge in [0.1, 0.15) is 6.04 Å². The summed E-state index contributed by atoms with van der Waals surface area (Å²) in [4.78, 5) is 40.6. The van der Waals surface area contributed by atoms with E-state index in [4.69, 9.17) is 15.6 Å². The first-order chi connectivity index (χ1) is 13.4. The van der Waals surface area contributed by atoms with Crippen molar-refractivity contribution in [1.82, 2.24) is 20.0 Å². The number of carbonyl (C=O) groups is 3. The van der Waals surface area contributed by atoms with Crippen molar-refractivity contribution in [3.05, 3.63) is 0 Å². The minimum absolute atomic E-state index is 0.0870. The Balaban J connectivity index is 1.60. The summed E-state index contributed by atoms with van der Waals surface area (Å²) < 4.78 is 5.44. The molecule has 1 atom stereocenters. The number of likely N-dealkylation sites (tertiary alicyclic amines) is 1. The second-order valence-corrected chi connectivity index (χ2v) is 7.61. The molecule has 0 bridgehead atoms. The maximum Gasteiger partial charge on any atom is 0.409 e. The predicted octanol–water partition coefficient (Wildman–Crippen LogP) is -0.0159. The van der Waals surface area contributed by atoms with Crippen LogP contribution < -0.4 is 11.1 Å². The van der Waals surface area contributed by atoms with E-state index < -0.39 is 12.0 Å². The lowest BCUT2D eigenvalue weighted by Gasteiger charge is -2.32. The van der Waals surface area contributed by atoms with Crippen LogP contribution in [0.15, 0.2) is 0 Å². The van der Waals surface area contributed by atoms with Crippen LogP contribution in [-0.4, -0.2) is 103 Å². The zero-order valence-electron chi connectivity index (χ0n) is 16.6. The normalized spacial score (nSPS) is 20.4. The summed E-state index contributed by atoms with van der Waals surface area (Å²) in [5.41, 5.74) is 5.38. The molecule has 160 valence electrons. The fourth-order valence-electron chi connectivity index (χ4n) is 3.45. The maximum atomic E-state index is 12.2. The molecule has 2 aliphatic rings. The summed E-state index contributed by atoms with van der Waals surface area (Å²) in [6, 6.07) is -1.38. The van der Waals surface area contributed by atoms with Gasteiger partial charge in [-0.05, 0) is 45.2 Å². The van der Waals surface area contributed by atoms with E-state index in [9.17, 15) is 14.4 Å². The third-order valence-electron chi connectivity index (χ3n) is 5.42. The SMILES string of the molecule is CN1CCCN(C(=O)OCCC2CCN(C(=O)NCC(N)C(=O)O)CC2)CC1. The zero-order valence-corrected chi connectivity index (χ0v) is 16.6. The molecule has 28 heavy (non-hydrogen) atoms. The number of carbonyl (C=O) groups excluding carboxylic acids is 2. The van der Waals surface area contributed by atoms with Gasteiger partial charge in [0.15, 0.2) is 0 Å². The van der Waals surface area contributed by atoms with Gasteiger partial charge in [0, 0.05) is 39.3 Å². The van der Waals surface area contributed by atoms with Crippen LogP contribution in [0.1, 0.15) is 25.7 Å². The van der Waals surface area contributed by atoms with Crippen LogP contribution in [0.2, 0.25) is 0 Å². The fourth-order valence-corrected chi connectivity index (χ4v) is 3.45. The Morgan fingerprint density at radius 3 is 2.50 bits per heavy atom. The number of carboxylic acid groups (broad SMARTS) is 1. The van der Waals surface area contributed by atoms with Crippen LogP contribution in [0.5, 0.6) is 0 Å². The number of rotatable bonds is 6. The standard InChI is InChI=1S/C18H33N5O5/c1-21-6-2-7-23(11-10-21)18(27)28-12-5-14-3-8-22(9-4-14)17(26)20-13-15(19)16(24)25/h14-15H,2-13,19H2,1H3,(H,20,26)(H,24,25). The second kappa shape index (κ2) is 11.1. The number of carboxylic acids is 1. The number of nitrogens with two attached hydrogens (primary N) is 1. The number of aliphatic carboxylic acids is 1. The van der Waals surface area contributed by atoms with Gasteiger partial charge in [-0.25, -0.2) is 9.59 Å². The molecule has 0 aromatic carbocycles. The van der Waals surface area contributed by atoms with Crippen molar-refractivity contribution >= 4 is 18.1 Å². The van der Waals surface area contributed by atoms with E-state index in [1.807, 2.05) is 0 Å². The van der Waals surface area contributed by atoms with Gasteiger partial charge in [0.25, 0.3) is 0 Å². The van der Waals surface area contributed by atoms with Gasteiger partial charge in [0.2, 0.25) is 0 Å². The number of piperidine rings is 1. The molecule has 10 heteroatoms. The van der Waals surface area contributed by atoms with E-state index >= 15 is 0 Å². The van der Waals surface area contributed by atoms with E-state index in [-0.39, 0.29) is 18.7 Å². The van der Waals surface area contributed by atoms with Crippen molar-refractivity contribution in [2.75, 3.05) is 59.5 Å². The molecular formula is C18H33N5O5. The molecular weight excluding hydrogens is 366 g/mol. The van der Waals surface area contributed by atoms with Gasteiger partial charge in [-0.15, -0.1) is 0 Å². The lowest BCUT2D eigenvalue weighted by molar-refractivity contribution is -0.138. The number of nitrogens with one attached hydrogen (secondary N) is 1. The summed E-state index contributed by atoms with van der Waals surface area (Å²) in [6.45, 7) is 4.82. The highest BCUT2D eigenvalue weighted by atomic mass is 16.6. The van der Waals surface area contributed by atoms with E-state index in [0.29, 0.717) is 32.2 Å². The first kappa shape index (κ1) is 22.2. The number of nitrogens with zero attached hydrogens (tertiary/aromatic N) is 3. The Bertz CT molecular complexity index is 538. The Morgan fingerprint density at radius 1 is 1.11 bits per heavy atom. The molecule has 2 rings (SSSR count). The molecule has 3 amide bonds. The van der Waals surface area contributed by atoms with Crippen molar-refractivity contribution < 1.29 is 24.2 Å². The molecule has 2 saturated heterocycles. The molecule has 0 saturated carbocycles. The summed E-state index contributed by atoms with van der Waals surface area (Å²) in [6.07, 6.45) is 3.19. The number of ether oxygens (including phenoxy) is 1. The topological polar surface area (TPSA) is 128 Å². The molecule has 0 spiro atoms. The zero-order chi connectivity index (χ0) is 20.5. The van der Waals surface area contributed by atoms with Crippen LogP contribution >= 0.6 is 0 Å². The number of likely N-dealkylation sites (N-methyl/N-ethyl adjacent to an activating group) is 1. The highest BCUT2D eigenvalue weighted by Gasteiger charge is 2.24. The molecule has 1 unspecified atom stereocenters. The van der Waals surface area contributed by atoms with Crippen LogP contribution in [-0.2, 0) is 9.53 Å². The van der Waals surface area contributed by atoms with Gasteiger partial charge in [-0.3, -0.25) is 4.79 Å². The molecule has 4 N–H and O–H groups in total. The van der Waals surface area contributed by atoms with Crippen molar-refractivity contribution in [1.29, 1.82) is 0 Å². The van der Waals surface area contributed by atoms with Crippen molar-refractivity contribution in [2.24, 2.45) is 11.7 Å². The number of hydrogen-bond acceptors (Lipinski definition) is 6. The van der Waals surface area contributed by atoms with Crippen LogP contribution in [0.25, 0.3) is 0 Å². The van der Waals surface area contributed by atoms with E-state index in [1.54, 1.807) is 9.80 Å². The Morgan fingerprint density at radius 2 is 1.82 bits per heavy atom. The number of hydrogen-bond donors (Lipinski definition) is 3. The molecule has 0 aliphatic carbocycles. The van der Waals surface area contributed by atoms with E-state index in [2.05, 4.69) is 17.3 Å². The summed E-state index contributed by atoms with van der Waals surface area (Å²) in [5, 5.41) is 11.3. The number of urea groups is 1. The highest BCUT2D eigenvalue weighted by Crippen LogP contribution is 2.20. The highest BCUT2D eigenvalue weighted by molar-refractivity contribution is 5.77. The summed E-state index contributed by atoms with van der Waals surface area (Å²) in [7, 11) is 2.06. The molecule has 2 aliphatic heterocycles. The largest absolute Gasteiger partial charge is 0.480 e. The third kappa shape index (κ3) is 7.16. The van der Waals surface area contributed by atoms with E-state index in [0.717, 1.165) is 45.3 Å². The van der Waals surface area contributed by atoms with Gasteiger partial charge in [0.05, 0.1) is 6.61 Å². The molecule has 0 radical (unpaired) electrons. The average molecular weight is 399 g/mol. The van der Waals surface area contributed by atoms with Crippen LogP contribution in [0.4, 0.5) is 9.59 Å². The number of amides is 3. The Hall–Kier alpha value is -2.07. The summed E-state index contributed by atoms with van der Waals surface area (Å²) in [5.74, 6) is -0.728. The monoisotopic (exact) mass is 399 g/mol. The molecule has 0 aromatic rings. The lowest BCUT2D eigenvalue weighted by Crippen LogP contribution is -2.49. The van der Waals surface area contributed by atoms with Crippen molar-refractivity contribution in [3.63, 3.8) is 0 Å². The molecule has 0 aromatic heterocycles. The minimum atomic E-state index is -1.14. The smallest absolute Gasteiger partial charge is 0.409 e. The van der Waals surface area contributed by atoms with Crippen molar-refractivity contribution in [2.45, 2.75) is 31.7 Å². The molecule has 10 nitrogen and oxygen atoms in total. The molecule has 2 fully saturated rings. The van der Waals surface area contributed by atoms with Gasteiger partial charge in [-0.1, -0.05) is 0 Å². The maximum absolute atomic E-state index is 12.2. The Labute approximate surface area is 165 Å². The third-order valence-corrected chi connectivity index (χ3v) is 5.42. The van der Waals surface area contributed by atoms with Gasteiger partial charge in [-0.2, -0.15) is 0 Å². The van der Waals surface area contributed by atoms with Gasteiger partial charge >= 0.3 is 18.1 Å². The van der Waals surface area contributed by atoms with Crippen LogP contribution in [0, 0.1) is 5.92 Å². The predicted molar refractivity (Wildman–Crippen MR) is 103 cm³/mol. The Kier molecular flexibility index (Phi) is 8.78. The average Bonchev–Trinajstić information content (AvgIpc) is 2.90. The first-order valence-electron chi connectivity index (χ1n) is 9.98.